The molecule has 2 heterocycles. The second-order valence-electron chi connectivity index (χ2n) is 4.24. The maximum atomic E-state index is 3.44. The zero-order chi connectivity index (χ0) is 9.26. The maximum absolute atomic E-state index is 3.44. The third-order valence-corrected chi connectivity index (χ3v) is 4.78. The molecule has 3 atom stereocenters. The summed E-state index contributed by atoms with van der Waals surface area (Å²) in [5, 5.41) is 4.28. The van der Waals surface area contributed by atoms with Gasteiger partial charge in [-0.15, -0.1) is 0 Å². The van der Waals surface area contributed by atoms with Crippen LogP contribution in [0, 0.1) is 0 Å². The molecule has 0 radical (unpaired) electrons. The first-order chi connectivity index (χ1) is 6.29. The van der Waals surface area contributed by atoms with Gasteiger partial charge in [0, 0.05) is 23.9 Å². The third-order valence-electron chi connectivity index (χ3n) is 3.47. The van der Waals surface area contributed by atoms with E-state index in [9.17, 15) is 0 Å². The fraction of sp³-hybridized carbons (Fsp3) is 1.00. The van der Waals surface area contributed by atoms with Gasteiger partial charge in [0.1, 0.15) is 0 Å². The lowest BCUT2D eigenvalue weighted by molar-refractivity contribution is 0.184. The Morgan fingerprint density at radius 3 is 2.77 bits per heavy atom. The van der Waals surface area contributed by atoms with E-state index in [-0.39, 0.29) is 0 Å². The summed E-state index contributed by atoms with van der Waals surface area (Å²) in [6.07, 6.45) is 2.73. The van der Waals surface area contributed by atoms with Crippen molar-refractivity contribution in [1.82, 2.24) is 10.2 Å². The van der Waals surface area contributed by atoms with Crippen molar-refractivity contribution >= 4 is 11.8 Å². The molecule has 0 aliphatic carbocycles. The molecular formula is C10H20N2S. The Kier molecular flexibility index (Phi) is 3.17. The number of nitrogens with one attached hydrogen (secondary N) is 1. The summed E-state index contributed by atoms with van der Waals surface area (Å²) in [6.45, 7) is 4.79. The predicted molar refractivity (Wildman–Crippen MR) is 59.4 cm³/mol. The minimum Gasteiger partial charge on any atom is -0.315 e. The molecule has 2 rings (SSSR count). The van der Waals surface area contributed by atoms with E-state index in [0.717, 1.165) is 17.3 Å². The molecule has 3 heteroatoms. The fourth-order valence-corrected chi connectivity index (χ4v) is 3.81. The van der Waals surface area contributed by atoms with Gasteiger partial charge in [-0.05, 0) is 32.2 Å². The second-order valence-corrected chi connectivity index (χ2v) is 5.73. The van der Waals surface area contributed by atoms with Crippen molar-refractivity contribution in [2.75, 3.05) is 25.9 Å². The standard InChI is InChI=1S/C10H20N2S/c1-8-10(4-6-13-8)12(2)9-3-5-11-7-9/h8-11H,3-7H2,1-2H3. The van der Waals surface area contributed by atoms with E-state index in [1.807, 2.05) is 0 Å². The Hall–Kier alpha value is 0.270. The fourth-order valence-electron chi connectivity index (χ4n) is 2.51. The van der Waals surface area contributed by atoms with E-state index in [1.54, 1.807) is 0 Å². The smallest absolute Gasteiger partial charge is 0.0233 e. The molecule has 3 unspecified atom stereocenters. The van der Waals surface area contributed by atoms with Crippen LogP contribution in [0.4, 0.5) is 0 Å². The summed E-state index contributed by atoms with van der Waals surface area (Å²) in [4.78, 5) is 2.62. The van der Waals surface area contributed by atoms with E-state index < -0.39 is 0 Å². The lowest BCUT2D eigenvalue weighted by Crippen LogP contribution is -2.43. The monoisotopic (exact) mass is 200 g/mol. The summed E-state index contributed by atoms with van der Waals surface area (Å²) in [7, 11) is 2.31. The highest BCUT2D eigenvalue weighted by Crippen LogP contribution is 2.31. The summed E-state index contributed by atoms with van der Waals surface area (Å²) in [5.41, 5.74) is 0. The van der Waals surface area contributed by atoms with Crippen molar-refractivity contribution < 1.29 is 0 Å². The Bertz CT molecular complexity index is 168. The molecule has 0 spiro atoms. The molecule has 0 aromatic carbocycles. The first-order valence-corrected chi connectivity index (χ1v) is 6.38. The van der Waals surface area contributed by atoms with Crippen molar-refractivity contribution in [3.63, 3.8) is 0 Å². The van der Waals surface area contributed by atoms with Gasteiger partial charge in [0.2, 0.25) is 0 Å². The zero-order valence-electron chi connectivity index (χ0n) is 8.62. The molecule has 2 nitrogen and oxygen atoms in total. The van der Waals surface area contributed by atoms with Crippen LogP contribution in [0.3, 0.4) is 0 Å². The van der Waals surface area contributed by atoms with E-state index in [0.29, 0.717) is 0 Å². The lowest BCUT2D eigenvalue weighted by atomic mass is 10.1. The normalized spacial score (nSPS) is 40.4. The predicted octanol–water partition coefficient (Wildman–Crippen LogP) is 1.17. The molecule has 0 aromatic heterocycles. The number of thioether (sulfide) groups is 1. The average Bonchev–Trinajstić information content (AvgIpc) is 2.72. The molecule has 2 aliphatic heterocycles. The van der Waals surface area contributed by atoms with Crippen LogP contribution in [0.25, 0.3) is 0 Å². The molecule has 76 valence electrons. The first-order valence-electron chi connectivity index (χ1n) is 5.33. The molecule has 0 saturated carbocycles. The minimum atomic E-state index is 0.797. The maximum Gasteiger partial charge on any atom is 0.0233 e. The van der Waals surface area contributed by atoms with Crippen LogP contribution >= 0.6 is 11.8 Å². The molecule has 2 fully saturated rings. The number of hydrogen-bond acceptors (Lipinski definition) is 3. The van der Waals surface area contributed by atoms with Crippen LogP contribution in [-0.4, -0.2) is 48.1 Å². The summed E-state index contributed by atoms with van der Waals surface area (Å²) in [6, 6.07) is 1.63. The van der Waals surface area contributed by atoms with Gasteiger partial charge in [0.25, 0.3) is 0 Å². The Morgan fingerprint density at radius 2 is 2.23 bits per heavy atom. The van der Waals surface area contributed by atoms with E-state index >= 15 is 0 Å². The van der Waals surface area contributed by atoms with Crippen LogP contribution in [0.2, 0.25) is 0 Å². The molecule has 0 amide bonds. The quantitative estimate of drug-likeness (QED) is 0.720. The molecule has 0 aromatic rings. The second kappa shape index (κ2) is 4.20. The van der Waals surface area contributed by atoms with Gasteiger partial charge in [-0.1, -0.05) is 6.92 Å². The Labute approximate surface area is 85.4 Å². The Morgan fingerprint density at radius 1 is 1.38 bits per heavy atom. The summed E-state index contributed by atoms with van der Waals surface area (Å²) >= 11 is 2.13. The minimum absolute atomic E-state index is 0.797. The van der Waals surface area contributed by atoms with Crippen molar-refractivity contribution in [3.8, 4) is 0 Å². The summed E-state index contributed by atoms with van der Waals surface area (Å²) in [5.74, 6) is 1.36. The number of hydrogen-bond donors (Lipinski definition) is 1. The largest absolute Gasteiger partial charge is 0.315 e. The van der Waals surface area contributed by atoms with Crippen LogP contribution in [0.5, 0.6) is 0 Å². The van der Waals surface area contributed by atoms with Crippen molar-refractivity contribution in [1.29, 1.82) is 0 Å². The van der Waals surface area contributed by atoms with Crippen molar-refractivity contribution in [3.05, 3.63) is 0 Å². The van der Waals surface area contributed by atoms with Crippen molar-refractivity contribution in [2.45, 2.75) is 37.1 Å². The van der Waals surface area contributed by atoms with Crippen LogP contribution in [0.1, 0.15) is 19.8 Å². The lowest BCUT2D eigenvalue weighted by Gasteiger charge is -2.32. The Balaban J connectivity index is 1.91. The van der Waals surface area contributed by atoms with Gasteiger partial charge in [0.15, 0.2) is 0 Å². The van der Waals surface area contributed by atoms with Gasteiger partial charge in [0.05, 0.1) is 0 Å². The number of rotatable bonds is 2. The molecular weight excluding hydrogens is 180 g/mol. The van der Waals surface area contributed by atoms with Gasteiger partial charge < -0.3 is 5.32 Å². The van der Waals surface area contributed by atoms with Gasteiger partial charge in [-0.3, -0.25) is 4.90 Å². The van der Waals surface area contributed by atoms with Crippen LogP contribution in [0.15, 0.2) is 0 Å². The highest BCUT2D eigenvalue weighted by atomic mass is 32.2. The molecule has 13 heavy (non-hydrogen) atoms. The summed E-state index contributed by atoms with van der Waals surface area (Å²) < 4.78 is 0. The molecule has 0 bridgehead atoms. The highest BCUT2D eigenvalue weighted by Gasteiger charge is 2.32. The van der Waals surface area contributed by atoms with E-state index in [4.69, 9.17) is 0 Å². The third kappa shape index (κ3) is 2.03. The molecule has 2 saturated heterocycles. The molecule has 2 aliphatic rings. The number of likely N-dealkylation sites (N-methyl/N-ethyl adjacent to an activating group) is 1. The average molecular weight is 200 g/mol. The first kappa shape index (κ1) is 9.81. The number of nitrogens with zero attached hydrogens (tertiary/aromatic N) is 1. The van der Waals surface area contributed by atoms with Gasteiger partial charge in [-0.25, -0.2) is 0 Å². The van der Waals surface area contributed by atoms with Crippen LogP contribution < -0.4 is 5.32 Å². The molecule has 1 N–H and O–H groups in total. The van der Waals surface area contributed by atoms with Crippen molar-refractivity contribution in [2.24, 2.45) is 0 Å². The van der Waals surface area contributed by atoms with Gasteiger partial charge >= 0.3 is 0 Å². The van der Waals surface area contributed by atoms with Gasteiger partial charge in [-0.2, -0.15) is 11.8 Å². The zero-order valence-corrected chi connectivity index (χ0v) is 9.44. The van der Waals surface area contributed by atoms with E-state index in [2.05, 4.69) is 35.9 Å². The van der Waals surface area contributed by atoms with E-state index in [1.165, 1.54) is 31.7 Å². The highest BCUT2D eigenvalue weighted by molar-refractivity contribution is 8.00. The SMILES string of the molecule is CC1SCCC1N(C)C1CCNC1. The topological polar surface area (TPSA) is 15.3 Å². The van der Waals surface area contributed by atoms with Crippen LogP contribution in [-0.2, 0) is 0 Å².